The number of aromatic hydroxyl groups is 1. The number of hydrogen-bond donors (Lipinski definition) is 1. The number of benzene rings is 1. The molecule has 3 aromatic rings. The second-order valence-corrected chi connectivity index (χ2v) is 3.62. The van der Waals surface area contributed by atoms with Gasteiger partial charge in [-0.15, -0.1) is 0 Å². The van der Waals surface area contributed by atoms with Crippen LogP contribution < -0.4 is 4.40 Å². The summed E-state index contributed by atoms with van der Waals surface area (Å²) in [5.74, 6) is 0.280. The molecule has 0 aliphatic carbocycles. The van der Waals surface area contributed by atoms with Crippen LogP contribution in [0.1, 0.15) is 0 Å². The third-order valence-corrected chi connectivity index (χ3v) is 2.57. The van der Waals surface area contributed by atoms with E-state index in [4.69, 9.17) is 0 Å². The summed E-state index contributed by atoms with van der Waals surface area (Å²) in [7, 11) is 0. The third-order valence-electron chi connectivity index (χ3n) is 2.57. The van der Waals surface area contributed by atoms with Gasteiger partial charge in [0, 0.05) is 17.5 Å². The van der Waals surface area contributed by atoms with Crippen LogP contribution in [0.15, 0.2) is 54.9 Å². The molecule has 0 aliphatic rings. The standard InChI is InChI=1S/C13H9NO/c15-13-6-5-12-7-10-3-1-2-4-11(10)8-14(12)9-13/h1-9H/p+1. The summed E-state index contributed by atoms with van der Waals surface area (Å²) in [6.07, 6.45) is 3.73. The lowest BCUT2D eigenvalue weighted by Crippen LogP contribution is -2.19. The lowest BCUT2D eigenvalue weighted by molar-refractivity contribution is -0.510. The first-order chi connectivity index (χ1) is 7.33. The zero-order valence-corrected chi connectivity index (χ0v) is 8.09. The van der Waals surface area contributed by atoms with Gasteiger partial charge in [-0.2, -0.15) is 4.40 Å². The van der Waals surface area contributed by atoms with Crippen LogP contribution in [-0.4, -0.2) is 5.11 Å². The van der Waals surface area contributed by atoms with Gasteiger partial charge < -0.3 is 5.11 Å². The van der Waals surface area contributed by atoms with Crippen LogP contribution in [0, 0.1) is 0 Å². The van der Waals surface area contributed by atoms with Gasteiger partial charge in [-0.05, 0) is 17.5 Å². The molecule has 1 aromatic carbocycles. The van der Waals surface area contributed by atoms with Crippen LogP contribution in [0.5, 0.6) is 5.75 Å². The predicted molar refractivity (Wildman–Crippen MR) is 58.8 cm³/mol. The van der Waals surface area contributed by atoms with E-state index in [2.05, 4.69) is 18.2 Å². The first-order valence-electron chi connectivity index (χ1n) is 4.86. The largest absolute Gasteiger partial charge is 0.503 e. The highest BCUT2D eigenvalue weighted by atomic mass is 16.3. The highest BCUT2D eigenvalue weighted by Gasteiger charge is 2.05. The fourth-order valence-electron chi connectivity index (χ4n) is 1.82. The van der Waals surface area contributed by atoms with Crippen molar-refractivity contribution in [3.63, 3.8) is 0 Å². The number of aromatic nitrogens is 1. The van der Waals surface area contributed by atoms with Crippen molar-refractivity contribution in [2.75, 3.05) is 0 Å². The molecule has 0 bridgehead atoms. The van der Waals surface area contributed by atoms with Crippen molar-refractivity contribution in [1.29, 1.82) is 0 Å². The molecule has 72 valence electrons. The van der Waals surface area contributed by atoms with Crippen molar-refractivity contribution >= 4 is 16.3 Å². The summed E-state index contributed by atoms with van der Waals surface area (Å²) in [6.45, 7) is 0. The van der Waals surface area contributed by atoms with Gasteiger partial charge in [0.05, 0.1) is 0 Å². The molecule has 0 radical (unpaired) electrons. The van der Waals surface area contributed by atoms with Crippen LogP contribution in [0.3, 0.4) is 0 Å². The molecular formula is C13H10NO+. The zero-order valence-electron chi connectivity index (χ0n) is 8.09. The normalized spacial score (nSPS) is 10.9. The van der Waals surface area contributed by atoms with Gasteiger partial charge in [0.1, 0.15) is 0 Å². The van der Waals surface area contributed by atoms with Gasteiger partial charge in [-0.1, -0.05) is 18.2 Å². The summed E-state index contributed by atoms with van der Waals surface area (Å²) in [4.78, 5) is 0. The monoisotopic (exact) mass is 196 g/mol. The predicted octanol–water partition coefficient (Wildman–Crippen LogP) is 2.28. The van der Waals surface area contributed by atoms with Gasteiger partial charge in [-0.3, -0.25) is 0 Å². The Labute approximate surface area is 87.0 Å². The van der Waals surface area contributed by atoms with Gasteiger partial charge in [-0.25, -0.2) is 0 Å². The molecule has 0 fully saturated rings. The Morgan fingerprint density at radius 3 is 2.53 bits per heavy atom. The van der Waals surface area contributed by atoms with Crippen LogP contribution in [-0.2, 0) is 0 Å². The molecule has 0 spiro atoms. The van der Waals surface area contributed by atoms with Crippen molar-refractivity contribution < 1.29 is 9.51 Å². The SMILES string of the molecule is Oc1ccc2cc3ccccc3c[n+]2c1. The van der Waals surface area contributed by atoms with Crippen LogP contribution in [0.2, 0.25) is 0 Å². The number of hydrogen-bond acceptors (Lipinski definition) is 1. The number of fused-ring (bicyclic) bond motifs is 2. The molecule has 0 saturated heterocycles. The average Bonchev–Trinajstić information content (AvgIpc) is 2.26. The van der Waals surface area contributed by atoms with Crippen molar-refractivity contribution in [2.45, 2.75) is 0 Å². The fraction of sp³-hybridized carbons (Fsp3) is 0. The highest BCUT2D eigenvalue weighted by Crippen LogP contribution is 2.14. The van der Waals surface area contributed by atoms with Crippen molar-refractivity contribution in [3.8, 4) is 5.75 Å². The van der Waals surface area contributed by atoms with Crippen molar-refractivity contribution in [3.05, 3.63) is 54.9 Å². The Bertz CT molecular complexity index is 646. The second-order valence-electron chi connectivity index (χ2n) is 3.62. The molecule has 2 nitrogen and oxygen atoms in total. The molecule has 15 heavy (non-hydrogen) atoms. The molecule has 2 heteroatoms. The zero-order chi connectivity index (χ0) is 10.3. The summed E-state index contributed by atoms with van der Waals surface area (Å²) in [5, 5.41) is 11.8. The number of pyridine rings is 2. The molecule has 3 rings (SSSR count). The molecule has 2 aromatic heterocycles. The molecule has 2 heterocycles. The Kier molecular flexibility index (Phi) is 1.62. The maximum absolute atomic E-state index is 9.38. The molecule has 0 atom stereocenters. The maximum Gasteiger partial charge on any atom is 0.216 e. The topological polar surface area (TPSA) is 24.3 Å². The Morgan fingerprint density at radius 1 is 0.867 bits per heavy atom. The van der Waals surface area contributed by atoms with E-state index in [-0.39, 0.29) is 5.75 Å². The van der Waals surface area contributed by atoms with E-state index in [0.29, 0.717) is 0 Å². The summed E-state index contributed by atoms with van der Waals surface area (Å²) in [6, 6.07) is 13.9. The van der Waals surface area contributed by atoms with E-state index in [0.717, 1.165) is 5.52 Å². The van der Waals surface area contributed by atoms with Gasteiger partial charge in [0.25, 0.3) is 0 Å². The Morgan fingerprint density at radius 2 is 1.67 bits per heavy atom. The van der Waals surface area contributed by atoms with E-state index < -0.39 is 0 Å². The van der Waals surface area contributed by atoms with Gasteiger partial charge in [0.2, 0.25) is 11.7 Å². The maximum atomic E-state index is 9.38. The molecule has 0 unspecified atom stereocenters. The first kappa shape index (κ1) is 8.24. The number of nitrogens with zero attached hydrogens (tertiary/aromatic N) is 1. The number of rotatable bonds is 0. The Hall–Kier alpha value is -2.09. The van der Waals surface area contributed by atoms with E-state index in [1.807, 2.05) is 28.8 Å². The quantitative estimate of drug-likeness (QED) is 0.433. The molecule has 0 aliphatic heterocycles. The van der Waals surface area contributed by atoms with Crippen molar-refractivity contribution in [1.82, 2.24) is 0 Å². The summed E-state index contributed by atoms with van der Waals surface area (Å²) < 4.78 is 1.93. The second kappa shape index (κ2) is 2.95. The summed E-state index contributed by atoms with van der Waals surface area (Å²) in [5.41, 5.74) is 1.08. The van der Waals surface area contributed by atoms with E-state index in [1.54, 1.807) is 12.3 Å². The highest BCUT2D eigenvalue weighted by molar-refractivity contribution is 5.83. The van der Waals surface area contributed by atoms with E-state index in [9.17, 15) is 5.11 Å². The van der Waals surface area contributed by atoms with Crippen LogP contribution in [0.4, 0.5) is 0 Å². The Balaban J connectivity index is 2.47. The summed E-state index contributed by atoms with van der Waals surface area (Å²) >= 11 is 0. The molecule has 1 N–H and O–H groups in total. The van der Waals surface area contributed by atoms with Crippen LogP contribution >= 0.6 is 0 Å². The fourth-order valence-corrected chi connectivity index (χ4v) is 1.82. The van der Waals surface area contributed by atoms with E-state index >= 15 is 0 Å². The van der Waals surface area contributed by atoms with Gasteiger partial charge in [0.15, 0.2) is 11.9 Å². The van der Waals surface area contributed by atoms with Gasteiger partial charge >= 0.3 is 0 Å². The minimum atomic E-state index is 0.280. The smallest absolute Gasteiger partial charge is 0.216 e. The molecule has 0 amide bonds. The van der Waals surface area contributed by atoms with Crippen molar-refractivity contribution in [2.24, 2.45) is 0 Å². The minimum absolute atomic E-state index is 0.280. The lowest BCUT2D eigenvalue weighted by Gasteiger charge is -1.96. The molecular weight excluding hydrogens is 186 g/mol. The van der Waals surface area contributed by atoms with Crippen LogP contribution in [0.25, 0.3) is 16.3 Å². The average molecular weight is 196 g/mol. The molecule has 0 saturated carbocycles. The minimum Gasteiger partial charge on any atom is -0.503 e. The first-order valence-corrected chi connectivity index (χ1v) is 4.86. The van der Waals surface area contributed by atoms with E-state index in [1.165, 1.54) is 10.8 Å². The lowest BCUT2D eigenvalue weighted by atomic mass is 10.1. The third kappa shape index (κ3) is 1.31.